The van der Waals surface area contributed by atoms with Crippen LogP contribution in [0.2, 0.25) is 0 Å². The average molecular weight is 522 g/mol. The van der Waals surface area contributed by atoms with Crippen molar-refractivity contribution in [2.75, 3.05) is 20.3 Å². The van der Waals surface area contributed by atoms with E-state index in [4.69, 9.17) is 14.2 Å². The van der Waals surface area contributed by atoms with Gasteiger partial charge < -0.3 is 24.6 Å². The summed E-state index contributed by atoms with van der Waals surface area (Å²) in [5.74, 6) is -0.961. The molecule has 0 saturated heterocycles. The lowest BCUT2D eigenvalue weighted by atomic mass is 9.68. The van der Waals surface area contributed by atoms with E-state index in [-0.39, 0.29) is 42.0 Å². The Kier molecular flexibility index (Phi) is 7.59. The molecule has 0 unspecified atom stereocenters. The number of hydrogen-bond donors (Lipinski definition) is 2. The van der Waals surface area contributed by atoms with Crippen LogP contribution in [0.4, 0.5) is 0 Å². The molecule has 7 nitrogen and oxygen atoms in total. The second-order valence-corrected chi connectivity index (χ2v) is 10.4. The van der Waals surface area contributed by atoms with E-state index in [0.29, 0.717) is 39.7 Å². The number of allylic oxidation sites excluding steroid dienone is 3. The van der Waals surface area contributed by atoms with Crippen molar-refractivity contribution in [2.24, 2.45) is 5.41 Å². The molecule has 1 aliphatic heterocycles. The lowest BCUT2D eigenvalue weighted by Gasteiger charge is -2.39. The normalized spacial score (nSPS) is 20.0. The van der Waals surface area contributed by atoms with Crippen LogP contribution in [0.5, 0.6) is 11.5 Å². The van der Waals surface area contributed by atoms with E-state index in [9.17, 15) is 14.7 Å². The molecule has 180 valence electrons. The van der Waals surface area contributed by atoms with Crippen LogP contribution in [0.3, 0.4) is 0 Å². The summed E-state index contributed by atoms with van der Waals surface area (Å²) < 4.78 is 16.8. The van der Waals surface area contributed by atoms with Gasteiger partial charge in [-0.25, -0.2) is 4.79 Å². The molecule has 1 atom stereocenters. The van der Waals surface area contributed by atoms with Gasteiger partial charge in [-0.1, -0.05) is 13.8 Å². The topological polar surface area (TPSA) is 94.1 Å². The summed E-state index contributed by atoms with van der Waals surface area (Å²) in [7, 11) is 1.46. The standard InChI is InChI=1S/C25H32BrNO6/c1-13(2)32-7-8-33-24(30)20-14(3)27-17-11-25(4,5)12-18(28)22(17)21(20)15-9-16(26)23(29)19(10-15)31-6/h9-10,13,21,27,29H,7-8,11-12H2,1-6H3/t21-/m0/s1. The van der Waals surface area contributed by atoms with Gasteiger partial charge in [0.2, 0.25) is 0 Å². The van der Waals surface area contributed by atoms with E-state index in [1.54, 1.807) is 12.1 Å². The molecule has 0 saturated carbocycles. The Hall–Kier alpha value is -2.32. The number of halogens is 1. The van der Waals surface area contributed by atoms with E-state index >= 15 is 0 Å². The van der Waals surface area contributed by atoms with Gasteiger partial charge in [0, 0.05) is 29.3 Å². The Bertz CT molecular complexity index is 1020. The molecule has 0 aromatic heterocycles. The van der Waals surface area contributed by atoms with Crippen LogP contribution in [-0.2, 0) is 19.1 Å². The molecule has 1 aliphatic carbocycles. The van der Waals surface area contributed by atoms with Gasteiger partial charge in [0.15, 0.2) is 17.3 Å². The second kappa shape index (κ2) is 9.89. The maximum Gasteiger partial charge on any atom is 0.336 e. The van der Waals surface area contributed by atoms with Crippen LogP contribution in [0.1, 0.15) is 58.9 Å². The SMILES string of the molecule is COc1cc([C@H]2C(C(=O)OCCOC(C)C)=C(C)NC3=C2C(=O)CC(C)(C)C3)cc(Br)c1O. The van der Waals surface area contributed by atoms with E-state index in [0.717, 1.165) is 5.70 Å². The predicted octanol–water partition coefficient (Wildman–Crippen LogP) is 4.74. The van der Waals surface area contributed by atoms with E-state index < -0.39 is 11.9 Å². The molecule has 0 spiro atoms. The van der Waals surface area contributed by atoms with E-state index in [1.807, 2.05) is 20.8 Å². The third-order valence-corrected chi connectivity index (χ3v) is 6.44. The molecular formula is C25H32BrNO6. The van der Waals surface area contributed by atoms with Crippen molar-refractivity contribution in [3.8, 4) is 11.5 Å². The fraction of sp³-hybridized carbons (Fsp3) is 0.520. The molecule has 0 fully saturated rings. The number of hydrogen-bond acceptors (Lipinski definition) is 7. The van der Waals surface area contributed by atoms with E-state index in [2.05, 4.69) is 35.1 Å². The maximum absolute atomic E-state index is 13.4. The van der Waals surface area contributed by atoms with Gasteiger partial charge in [-0.2, -0.15) is 0 Å². The number of nitrogens with one attached hydrogen (secondary N) is 1. The highest BCUT2D eigenvalue weighted by Crippen LogP contribution is 2.48. The average Bonchev–Trinajstić information content (AvgIpc) is 2.70. The molecule has 1 aromatic rings. The first-order chi connectivity index (χ1) is 15.4. The zero-order chi connectivity index (χ0) is 24.5. The zero-order valence-electron chi connectivity index (χ0n) is 20.0. The first kappa shape index (κ1) is 25.3. The van der Waals surface area contributed by atoms with Gasteiger partial charge >= 0.3 is 5.97 Å². The molecule has 3 rings (SSSR count). The Morgan fingerprint density at radius 1 is 1.27 bits per heavy atom. The zero-order valence-corrected chi connectivity index (χ0v) is 21.6. The molecule has 33 heavy (non-hydrogen) atoms. The van der Waals surface area contributed by atoms with Crippen molar-refractivity contribution in [3.63, 3.8) is 0 Å². The third kappa shape index (κ3) is 5.44. The summed E-state index contributed by atoms with van der Waals surface area (Å²) in [5.41, 5.74) is 2.86. The largest absolute Gasteiger partial charge is 0.503 e. The quantitative estimate of drug-likeness (QED) is 0.395. The summed E-state index contributed by atoms with van der Waals surface area (Å²) in [6.07, 6.45) is 1.10. The minimum atomic E-state index is -0.644. The summed E-state index contributed by atoms with van der Waals surface area (Å²) in [4.78, 5) is 26.6. The molecule has 0 radical (unpaired) electrons. The Morgan fingerprint density at radius 2 is 1.97 bits per heavy atom. The lowest BCUT2D eigenvalue weighted by molar-refractivity contribution is -0.141. The third-order valence-electron chi connectivity index (χ3n) is 5.83. The van der Waals surface area contributed by atoms with Crippen LogP contribution in [-0.4, -0.2) is 43.3 Å². The number of carbonyl (C=O) groups is 2. The number of esters is 1. The van der Waals surface area contributed by atoms with Gasteiger partial charge in [-0.05, 0) is 66.2 Å². The number of dihydropyridines is 1. The van der Waals surface area contributed by atoms with Crippen LogP contribution in [0, 0.1) is 5.41 Å². The van der Waals surface area contributed by atoms with Crippen molar-refractivity contribution < 1.29 is 28.9 Å². The number of aromatic hydroxyl groups is 1. The van der Waals surface area contributed by atoms with Crippen molar-refractivity contribution in [3.05, 3.63) is 44.7 Å². The first-order valence-corrected chi connectivity index (χ1v) is 11.8. The van der Waals surface area contributed by atoms with Crippen molar-refractivity contribution >= 4 is 27.7 Å². The Morgan fingerprint density at radius 3 is 2.61 bits per heavy atom. The summed E-state index contributed by atoms with van der Waals surface area (Å²) in [5, 5.41) is 13.6. The number of carbonyl (C=O) groups excluding carboxylic acids is 2. The number of benzene rings is 1. The van der Waals surface area contributed by atoms with Gasteiger partial charge in [0.25, 0.3) is 0 Å². The monoisotopic (exact) mass is 521 g/mol. The van der Waals surface area contributed by atoms with Crippen LogP contribution >= 0.6 is 15.9 Å². The Labute approximate surface area is 203 Å². The summed E-state index contributed by atoms with van der Waals surface area (Å²) >= 11 is 3.37. The van der Waals surface area contributed by atoms with Gasteiger partial charge in [-0.3, -0.25) is 4.79 Å². The molecule has 1 aromatic carbocycles. The number of ether oxygens (including phenoxy) is 3. The van der Waals surface area contributed by atoms with Gasteiger partial charge in [0.1, 0.15) is 6.61 Å². The van der Waals surface area contributed by atoms with Crippen LogP contribution < -0.4 is 10.1 Å². The fourth-order valence-corrected chi connectivity index (χ4v) is 4.91. The number of ketones is 1. The molecule has 0 bridgehead atoms. The number of phenolic OH excluding ortho intramolecular Hbond substituents is 1. The van der Waals surface area contributed by atoms with Crippen molar-refractivity contribution in [2.45, 2.75) is 59.5 Å². The molecule has 1 heterocycles. The number of methoxy groups -OCH3 is 1. The Balaban J connectivity index is 2.08. The first-order valence-electron chi connectivity index (χ1n) is 11.0. The minimum Gasteiger partial charge on any atom is -0.503 e. The van der Waals surface area contributed by atoms with Crippen LogP contribution in [0.25, 0.3) is 0 Å². The molecule has 2 aliphatic rings. The fourth-order valence-electron chi connectivity index (χ4n) is 4.45. The van der Waals surface area contributed by atoms with Crippen molar-refractivity contribution in [1.29, 1.82) is 0 Å². The second-order valence-electron chi connectivity index (χ2n) is 9.54. The highest BCUT2D eigenvalue weighted by Gasteiger charge is 2.43. The highest BCUT2D eigenvalue weighted by molar-refractivity contribution is 9.10. The minimum absolute atomic E-state index is 0.0112. The van der Waals surface area contributed by atoms with Crippen LogP contribution in [0.15, 0.2) is 39.1 Å². The highest BCUT2D eigenvalue weighted by atomic mass is 79.9. The molecule has 2 N–H and O–H groups in total. The van der Waals surface area contributed by atoms with Gasteiger partial charge in [0.05, 0.1) is 29.9 Å². The maximum atomic E-state index is 13.4. The predicted molar refractivity (Wildman–Crippen MR) is 128 cm³/mol. The summed E-state index contributed by atoms with van der Waals surface area (Å²) in [6.45, 7) is 10.2. The van der Waals surface area contributed by atoms with Crippen molar-refractivity contribution in [1.82, 2.24) is 5.32 Å². The number of phenols is 1. The summed E-state index contributed by atoms with van der Waals surface area (Å²) in [6, 6.07) is 3.38. The molecule has 0 amide bonds. The molecule has 8 heteroatoms. The smallest absolute Gasteiger partial charge is 0.336 e. The van der Waals surface area contributed by atoms with E-state index in [1.165, 1.54) is 7.11 Å². The number of rotatable bonds is 7. The lowest BCUT2D eigenvalue weighted by Crippen LogP contribution is -2.38. The number of Topliss-reactive ketones (excluding diaryl/α,β-unsaturated/α-hetero) is 1. The van der Waals surface area contributed by atoms with Gasteiger partial charge in [-0.15, -0.1) is 0 Å². The molecular weight excluding hydrogens is 490 g/mol.